The average molecular weight is 399 g/mol. The molecule has 0 radical (unpaired) electrons. The SMILES string of the molecule is C=CC(=O)OC(CC(CCC)C(=O)OCCC(C)C)C(=O)OCCCCCC. The Morgan fingerprint density at radius 1 is 0.893 bits per heavy atom. The maximum Gasteiger partial charge on any atom is 0.347 e. The van der Waals surface area contributed by atoms with Crippen molar-refractivity contribution in [2.45, 2.75) is 85.2 Å². The van der Waals surface area contributed by atoms with E-state index in [1.165, 1.54) is 0 Å². The molecular weight excluding hydrogens is 360 g/mol. The van der Waals surface area contributed by atoms with Crippen LogP contribution in [0.3, 0.4) is 0 Å². The summed E-state index contributed by atoms with van der Waals surface area (Å²) in [5, 5.41) is 0. The summed E-state index contributed by atoms with van der Waals surface area (Å²) in [5.41, 5.74) is 0. The second-order valence-corrected chi connectivity index (χ2v) is 7.43. The first-order valence-corrected chi connectivity index (χ1v) is 10.5. The van der Waals surface area contributed by atoms with Gasteiger partial charge >= 0.3 is 17.9 Å². The summed E-state index contributed by atoms with van der Waals surface area (Å²) in [7, 11) is 0. The van der Waals surface area contributed by atoms with Crippen LogP contribution in [0.5, 0.6) is 0 Å². The van der Waals surface area contributed by atoms with E-state index in [4.69, 9.17) is 14.2 Å². The topological polar surface area (TPSA) is 78.9 Å². The maximum absolute atomic E-state index is 12.4. The summed E-state index contributed by atoms with van der Waals surface area (Å²) in [4.78, 5) is 36.5. The van der Waals surface area contributed by atoms with Gasteiger partial charge in [0, 0.05) is 12.5 Å². The highest BCUT2D eigenvalue weighted by Crippen LogP contribution is 2.19. The van der Waals surface area contributed by atoms with E-state index in [9.17, 15) is 14.4 Å². The van der Waals surface area contributed by atoms with Crippen LogP contribution < -0.4 is 0 Å². The van der Waals surface area contributed by atoms with Crippen LogP contribution in [0.4, 0.5) is 0 Å². The summed E-state index contributed by atoms with van der Waals surface area (Å²) in [6, 6.07) is 0. The van der Waals surface area contributed by atoms with Gasteiger partial charge in [-0.15, -0.1) is 0 Å². The first-order valence-electron chi connectivity index (χ1n) is 10.5. The zero-order valence-electron chi connectivity index (χ0n) is 18.0. The van der Waals surface area contributed by atoms with Gasteiger partial charge in [-0.1, -0.05) is 60.0 Å². The number of unbranched alkanes of at least 4 members (excludes halogenated alkanes) is 3. The van der Waals surface area contributed by atoms with Crippen LogP contribution in [0.1, 0.15) is 79.1 Å². The Bertz CT molecular complexity index is 472. The van der Waals surface area contributed by atoms with Crippen molar-refractivity contribution < 1.29 is 28.6 Å². The van der Waals surface area contributed by atoms with Gasteiger partial charge in [0.1, 0.15) is 0 Å². The van der Waals surface area contributed by atoms with Gasteiger partial charge in [-0.2, -0.15) is 0 Å². The monoisotopic (exact) mass is 398 g/mol. The molecule has 28 heavy (non-hydrogen) atoms. The smallest absolute Gasteiger partial charge is 0.347 e. The molecule has 0 heterocycles. The number of ether oxygens (including phenoxy) is 3. The number of carbonyl (C=O) groups is 3. The van der Waals surface area contributed by atoms with Crippen LogP contribution in [-0.2, 0) is 28.6 Å². The van der Waals surface area contributed by atoms with Crippen molar-refractivity contribution in [3.05, 3.63) is 12.7 Å². The van der Waals surface area contributed by atoms with E-state index in [0.717, 1.165) is 44.6 Å². The molecule has 6 heteroatoms. The molecule has 0 fully saturated rings. The van der Waals surface area contributed by atoms with Crippen LogP contribution >= 0.6 is 0 Å². The number of carbonyl (C=O) groups excluding carboxylic acids is 3. The summed E-state index contributed by atoms with van der Waals surface area (Å²) in [6.45, 7) is 12.1. The van der Waals surface area contributed by atoms with E-state index in [1.807, 2.05) is 6.92 Å². The summed E-state index contributed by atoms with van der Waals surface area (Å²) >= 11 is 0. The van der Waals surface area contributed by atoms with Crippen molar-refractivity contribution in [2.75, 3.05) is 13.2 Å². The highest BCUT2D eigenvalue weighted by atomic mass is 16.6. The Hall–Kier alpha value is -1.85. The third-order valence-electron chi connectivity index (χ3n) is 4.34. The highest BCUT2D eigenvalue weighted by molar-refractivity contribution is 5.85. The lowest BCUT2D eigenvalue weighted by Crippen LogP contribution is -2.33. The van der Waals surface area contributed by atoms with E-state index in [2.05, 4.69) is 27.4 Å². The largest absolute Gasteiger partial charge is 0.465 e. The zero-order valence-corrected chi connectivity index (χ0v) is 18.0. The van der Waals surface area contributed by atoms with E-state index >= 15 is 0 Å². The van der Waals surface area contributed by atoms with Gasteiger partial charge in [-0.25, -0.2) is 9.59 Å². The molecule has 0 bridgehead atoms. The number of hydrogen-bond donors (Lipinski definition) is 0. The average Bonchev–Trinajstić information content (AvgIpc) is 2.65. The van der Waals surface area contributed by atoms with Crippen LogP contribution in [0.25, 0.3) is 0 Å². The van der Waals surface area contributed by atoms with Crippen molar-refractivity contribution in [1.82, 2.24) is 0 Å². The normalized spacial score (nSPS) is 12.9. The van der Waals surface area contributed by atoms with Crippen molar-refractivity contribution in [1.29, 1.82) is 0 Å². The molecular formula is C22H38O6. The molecule has 0 N–H and O–H groups in total. The molecule has 0 aliphatic heterocycles. The molecule has 0 aromatic carbocycles. The lowest BCUT2D eigenvalue weighted by Gasteiger charge is -2.21. The van der Waals surface area contributed by atoms with Gasteiger partial charge in [-0.05, 0) is 25.2 Å². The van der Waals surface area contributed by atoms with Crippen molar-refractivity contribution in [3.63, 3.8) is 0 Å². The highest BCUT2D eigenvalue weighted by Gasteiger charge is 2.31. The Morgan fingerprint density at radius 2 is 1.57 bits per heavy atom. The Balaban J connectivity index is 4.87. The zero-order chi connectivity index (χ0) is 21.4. The molecule has 0 aliphatic rings. The molecule has 2 atom stereocenters. The van der Waals surface area contributed by atoms with Crippen molar-refractivity contribution in [3.8, 4) is 0 Å². The Labute approximate surface area is 170 Å². The predicted octanol–water partition coefficient (Wildman–Crippen LogP) is 4.60. The number of esters is 3. The van der Waals surface area contributed by atoms with Gasteiger partial charge in [0.15, 0.2) is 6.10 Å². The molecule has 6 nitrogen and oxygen atoms in total. The summed E-state index contributed by atoms with van der Waals surface area (Å²) in [6.07, 6.45) is 5.89. The van der Waals surface area contributed by atoms with Crippen LogP contribution in [0.2, 0.25) is 0 Å². The fourth-order valence-electron chi connectivity index (χ4n) is 2.63. The number of hydrogen-bond acceptors (Lipinski definition) is 6. The minimum Gasteiger partial charge on any atom is -0.465 e. The van der Waals surface area contributed by atoms with Gasteiger partial charge < -0.3 is 14.2 Å². The van der Waals surface area contributed by atoms with Crippen LogP contribution in [0.15, 0.2) is 12.7 Å². The molecule has 0 amide bonds. The van der Waals surface area contributed by atoms with E-state index < -0.39 is 24.0 Å². The van der Waals surface area contributed by atoms with Gasteiger partial charge in [0.25, 0.3) is 0 Å². The lowest BCUT2D eigenvalue weighted by molar-refractivity contribution is -0.168. The molecule has 0 aromatic heterocycles. The van der Waals surface area contributed by atoms with Gasteiger partial charge in [0.2, 0.25) is 0 Å². The first-order chi connectivity index (χ1) is 13.3. The Morgan fingerprint density at radius 3 is 2.14 bits per heavy atom. The Kier molecular flexibility index (Phi) is 15.1. The molecule has 0 saturated heterocycles. The third-order valence-corrected chi connectivity index (χ3v) is 4.34. The summed E-state index contributed by atoms with van der Waals surface area (Å²) in [5.74, 6) is -1.79. The fourth-order valence-corrected chi connectivity index (χ4v) is 2.63. The second-order valence-electron chi connectivity index (χ2n) is 7.43. The molecule has 2 unspecified atom stereocenters. The minimum atomic E-state index is -1.13. The van der Waals surface area contributed by atoms with E-state index in [0.29, 0.717) is 18.9 Å². The van der Waals surface area contributed by atoms with Crippen LogP contribution in [0, 0.1) is 11.8 Å². The van der Waals surface area contributed by atoms with Crippen molar-refractivity contribution in [2.24, 2.45) is 11.8 Å². The molecule has 162 valence electrons. The summed E-state index contributed by atoms with van der Waals surface area (Å²) < 4.78 is 15.8. The lowest BCUT2D eigenvalue weighted by atomic mass is 9.96. The molecule has 0 saturated carbocycles. The van der Waals surface area contributed by atoms with Gasteiger partial charge in [-0.3, -0.25) is 4.79 Å². The maximum atomic E-state index is 12.4. The fraction of sp³-hybridized carbons (Fsp3) is 0.773. The first kappa shape index (κ1) is 26.1. The van der Waals surface area contributed by atoms with E-state index in [1.54, 1.807) is 0 Å². The van der Waals surface area contributed by atoms with Crippen LogP contribution in [-0.4, -0.2) is 37.2 Å². The standard InChI is InChI=1S/C22H38O6/c1-6-9-10-11-14-26-22(25)19(28-20(23)8-3)16-18(12-7-2)21(24)27-15-13-17(4)5/h8,17-19H,3,6-7,9-16H2,1-2,4-5H3. The molecule has 0 rings (SSSR count). The predicted molar refractivity (Wildman–Crippen MR) is 109 cm³/mol. The van der Waals surface area contributed by atoms with Crippen molar-refractivity contribution >= 4 is 17.9 Å². The third kappa shape index (κ3) is 12.5. The molecule has 0 aliphatic carbocycles. The molecule has 0 spiro atoms. The molecule has 0 aromatic rings. The second kappa shape index (κ2) is 16.1. The minimum absolute atomic E-state index is 0.0573. The van der Waals surface area contributed by atoms with Gasteiger partial charge in [0.05, 0.1) is 19.1 Å². The number of rotatable bonds is 16. The quantitative estimate of drug-likeness (QED) is 0.164. The van der Waals surface area contributed by atoms with E-state index in [-0.39, 0.29) is 19.0 Å².